The number of nitrogens with one attached hydrogen (secondary N) is 1. The Bertz CT molecular complexity index is 1620. The molecule has 3 rings (SSSR count). The summed E-state index contributed by atoms with van der Waals surface area (Å²) in [5, 5.41) is 13.4. The molecule has 0 saturated carbocycles. The van der Waals surface area contributed by atoms with E-state index in [0.29, 0.717) is 42.2 Å². The van der Waals surface area contributed by atoms with Crippen LogP contribution in [0.3, 0.4) is 0 Å². The smallest absolute Gasteiger partial charge is 0.254 e. The van der Waals surface area contributed by atoms with Crippen LogP contribution in [0, 0.1) is 19.8 Å². The van der Waals surface area contributed by atoms with Gasteiger partial charge in [-0.2, -0.15) is 4.31 Å². The summed E-state index contributed by atoms with van der Waals surface area (Å²) in [5.41, 5.74) is 0.870. The highest BCUT2D eigenvalue weighted by atomic mass is 32.2. The van der Waals surface area contributed by atoms with E-state index in [0.717, 1.165) is 0 Å². The van der Waals surface area contributed by atoms with Crippen LogP contribution >= 0.6 is 7.55 Å². The fourth-order valence-corrected chi connectivity index (χ4v) is 7.51. The van der Waals surface area contributed by atoms with E-state index in [1.54, 1.807) is 33.0 Å². The van der Waals surface area contributed by atoms with Crippen molar-refractivity contribution in [2.75, 3.05) is 40.1 Å². The largest absolute Gasteiger partial charge is 0.508 e. The number of hydrogen-bond acceptors (Lipinski definition) is 8. The van der Waals surface area contributed by atoms with Crippen molar-refractivity contribution < 1.29 is 32.3 Å². The molecule has 2 unspecified atom stereocenters. The highest BCUT2D eigenvalue weighted by Gasteiger charge is 2.28. The zero-order valence-electron chi connectivity index (χ0n) is 27.0. The van der Waals surface area contributed by atoms with E-state index in [-0.39, 0.29) is 40.8 Å². The first-order valence-corrected chi connectivity index (χ1v) is 18.2. The molecule has 11 nitrogen and oxygen atoms in total. The van der Waals surface area contributed by atoms with Gasteiger partial charge in [-0.25, -0.2) is 13.4 Å². The first kappa shape index (κ1) is 35.7. The monoisotopic (exact) mass is 659 g/mol. The number of carbonyl (C=O) groups excluding carboxylic acids is 2. The second-order valence-corrected chi connectivity index (χ2v) is 15.6. The second-order valence-electron chi connectivity index (χ2n) is 11.6. The molecule has 2 amide bonds. The number of oxazole rings is 1. The number of sulfonamides is 1. The number of hydrogen-bond donors (Lipinski definition) is 2. The van der Waals surface area contributed by atoms with Crippen LogP contribution in [0.5, 0.6) is 11.5 Å². The molecule has 1 aromatic heterocycles. The number of aryl methyl sites for hydroxylation is 2. The molecule has 0 radical (unpaired) electrons. The molecular formula is C32H44N4O7PS+. The minimum absolute atomic E-state index is 0.0702. The number of nitrogens with zero attached hydrogens (tertiary/aromatic N) is 3. The van der Waals surface area contributed by atoms with Crippen molar-refractivity contribution in [1.29, 1.82) is 0 Å². The predicted molar refractivity (Wildman–Crippen MR) is 177 cm³/mol. The van der Waals surface area contributed by atoms with Gasteiger partial charge < -0.3 is 24.5 Å². The van der Waals surface area contributed by atoms with Crippen molar-refractivity contribution in [2.24, 2.45) is 5.92 Å². The van der Waals surface area contributed by atoms with Crippen LogP contribution in [0.2, 0.25) is 0 Å². The lowest BCUT2D eigenvalue weighted by molar-refractivity contribution is 0.0782. The molecule has 1 heterocycles. The van der Waals surface area contributed by atoms with Gasteiger partial charge in [0.1, 0.15) is 29.1 Å². The molecule has 13 heteroatoms. The van der Waals surface area contributed by atoms with Crippen LogP contribution in [0.1, 0.15) is 58.3 Å². The van der Waals surface area contributed by atoms with Gasteiger partial charge in [0, 0.05) is 38.2 Å². The molecule has 3 aromatic rings. The normalized spacial score (nSPS) is 12.7. The van der Waals surface area contributed by atoms with Gasteiger partial charge in [0.2, 0.25) is 10.0 Å². The maximum absolute atomic E-state index is 13.6. The Morgan fingerprint density at radius 3 is 2.33 bits per heavy atom. The maximum Gasteiger partial charge on any atom is 0.254 e. The van der Waals surface area contributed by atoms with Crippen molar-refractivity contribution in [1.82, 2.24) is 19.5 Å². The molecule has 0 fully saturated rings. The molecule has 0 saturated heterocycles. The first-order valence-electron chi connectivity index (χ1n) is 14.6. The predicted octanol–water partition coefficient (Wildman–Crippen LogP) is 4.66. The van der Waals surface area contributed by atoms with E-state index in [1.807, 2.05) is 20.5 Å². The number of rotatable bonds is 15. The van der Waals surface area contributed by atoms with E-state index in [4.69, 9.17) is 9.15 Å². The van der Waals surface area contributed by atoms with Gasteiger partial charge >= 0.3 is 0 Å². The summed E-state index contributed by atoms with van der Waals surface area (Å²) in [5.74, 6) is 0.619. The van der Waals surface area contributed by atoms with E-state index < -0.39 is 35.4 Å². The number of benzene rings is 2. The highest BCUT2D eigenvalue weighted by Crippen LogP contribution is 2.24. The number of ether oxygens (including phenoxy) is 1. The zero-order chi connectivity index (χ0) is 33.5. The van der Waals surface area contributed by atoms with Gasteiger partial charge in [-0.3, -0.25) is 9.59 Å². The zero-order valence-corrected chi connectivity index (χ0v) is 28.7. The van der Waals surface area contributed by atoms with E-state index in [1.165, 1.54) is 46.6 Å². The summed E-state index contributed by atoms with van der Waals surface area (Å²) in [6, 6.07) is 9.91. The van der Waals surface area contributed by atoms with Crippen LogP contribution < -0.4 is 10.1 Å². The minimum atomic E-state index is -3.81. The molecule has 244 valence electrons. The number of carbonyl (C=O) groups is 2. The third-order valence-electron chi connectivity index (χ3n) is 7.02. The standard InChI is InChI=1S/C32H43N4O7PS/c1-21(2)18-36(45(40,41)29-11-9-28(42-6)10-12-29)14-13-26(20-44(7)8)34-31(38)24-15-25(17-27(37)16-24)32(39)35(5)19-30-22(3)43-23(4)33-30/h9-12,15-17,21,26H,7,13-14,18-20H2,1-6,8H3,(H-,34,37,38)/p+1. The summed E-state index contributed by atoms with van der Waals surface area (Å²) in [4.78, 5) is 32.6. The molecule has 45 heavy (non-hydrogen) atoms. The number of methoxy groups -OCH3 is 1. The van der Waals surface area contributed by atoms with E-state index >= 15 is 0 Å². The Morgan fingerprint density at radius 2 is 1.78 bits per heavy atom. The van der Waals surface area contributed by atoms with Crippen LogP contribution in [-0.2, 0) is 16.6 Å². The van der Waals surface area contributed by atoms with Crippen molar-refractivity contribution in [3.63, 3.8) is 0 Å². The minimum Gasteiger partial charge on any atom is -0.508 e. The Kier molecular flexibility index (Phi) is 12.3. The van der Waals surface area contributed by atoms with Crippen LogP contribution in [-0.4, -0.2) is 91.9 Å². The summed E-state index contributed by atoms with van der Waals surface area (Å²) in [7, 11) is -1.38. The van der Waals surface area contributed by atoms with Gasteiger partial charge in [0.15, 0.2) is 5.89 Å². The third-order valence-corrected chi connectivity index (χ3v) is 9.96. The molecule has 0 aliphatic rings. The van der Waals surface area contributed by atoms with Gasteiger partial charge in [0.25, 0.3) is 11.8 Å². The number of aromatic nitrogens is 1. The van der Waals surface area contributed by atoms with Gasteiger partial charge in [-0.15, -0.1) is 0 Å². The van der Waals surface area contributed by atoms with Crippen molar-refractivity contribution in [3.05, 3.63) is 70.9 Å². The number of phenolic OH excluding ortho intramolecular Hbond substituents is 1. The lowest BCUT2D eigenvalue weighted by Crippen LogP contribution is -2.42. The molecule has 2 atom stereocenters. The Morgan fingerprint density at radius 1 is 1.13 bits per heavy atom. The fraction of sp³-hybridized carbons (Fsp3) is 0.438. The van der Waals surface area contributed by atoms with Crippen molar-refractivity contribution in [3.8, 4) is 11.5 Å². The molecule has 0 aliphatic carbocycles. The summed E-state index contributed by atoms with van der Waals surface area (Å²) in [6.45, 7) is 10.0. The van der Waals surface area contributed by atoms with E-state index in [9.17, 15) is 23.1 Å². The Balaban J connectivity index is 1.78. The molecule has 0 aliphatic heterocycles. The lowest BCUT2D eigenvalue weighted by Gasteiger charge is -2.26. The summed E-state index contributed by atoms with van der Waals surface area (Å²) < 4.78 is 39.2. The molecule has 2 N–H and O–H groups in total. The van der Waals surface area contributed by atoms with E-state index in [2.05, 4.69) is 16.6 Å². The SMILES string of the molecule is C=[P+](C)CC(CCN(CC(C)C)S(=O)(=O)c1ccc(OC)cc1)NC(=O)c1cc(O)cc(C(=O)N(C)Cc2nc(C)oc2C)c1. The highest BCUT2D eigenvalue weighted by molar-refractivity contribution is 7.89. The number of amides is 2. The van der Waals surface area contributed by atoms with Crippen LogP contribution in [0.15, 0.2) is 51.8 Å². The van der Waals surface area contributed by atoms with Crippen LogP contribution in [0.25, 0.3) is 0 Å². The topological polar surface area (TPSA) is 142 Å². The number of aromatic hydroxyl groups is 1. The molecule has 0 spiro atoms. The number of phenols is 1. The second kappa shape index (κ2) is 15.5. The lowest BCUT2D eigenvalue weighted by atomic mass is 10.1. The maximum atomic E-state index is 13.6. The quantitative estimate of drug-likeness (QED) is 0.225. The average Bonchev–Trinajstić information content (AvgIpc) is 3.29. The van der Waals surface area contributed by atoms with Crippen LogP contribution in [0.4, 0.5) is 0 Å². The molecular weight excluding hydrogens is 615 g/mol. The fourth-order valence-electron chi connectivity index (χ4n) is 4.87. The summed E-state index contributed by atoms with van der Waals surface area (Å²) in [6.07, 6.45) is 5.03. The third kappa shape index (κ3) is 9.88. The van der Waals surface area contributed by atoms with Gasteiger partial charge in [-0.1, -0.05) is 13.8 Å². The Labute approximate surface area is 267 Å². The average molecular weight is 660 g/mol. The summed E-state index contributed by atoms with van der Waals surface area (Å²) >= 11 is 0. The van der Waals surface area contributed by atoms with Gasteiger partial charge in [0.05, 0.1) is 45.1 Å². The van der Waals surface area contributed by atoms with Crippen molar-refractivity contribution in [2.45, 2.75) is 51.6 Å². The van der Waals surface area contributed by atoms with Crippen molar-refractivity contribution >= 4 is 35.7 Å². The molecule has 2 aromatic carbocycles. The molecule has 0 bridgehead atoms. The Hall–Kier alpha value is -3.73. The first-order chi connectivity index (χ1) is 21.1. The van der Waals surface area contributed by atoms with Gasteiger partial charge in [-0.05, 0) is 61.7 Å².